The molecule has 4 rings (SSSR count). The number of hydrogen-bond donors (Lipinski definition) is 1. The zero-order valence-corrected chi connectivity index (χ0v) is 22.2. The van der Waals surface area contributed by atoms with E-state index >= 15 is 0 Å². The van der Waals surface area contributed by atoms with Gasteiger partial charge in [-0.05, 0) is 70.9 Å². The number of thiophene rings is 1. The Morgan fingerprint density at radius 3 is 2.71 bits per heavy atom. The van der Waals surface area contributed by atoms with Gasteiger partial charge in [0.25, 0.3) is 11.5 Å². The number of fused-ring (bicyclic) bond motifs is 1. The van der Waals surface area contributed by atoms with Crippen molar-refractivity contribution in [3.8, 4) is 0 Å². The molecule has 2 fully saturated rings. The number of piperidine rings is 2. The lowest BCUT2D eigenvalue weighted by molar-refractivity contribution is -0.135. The second kappa shape index (κ2) is 11.6. The van der Waals surface area contributed by atoms with Crippen LogP contribution in [0.25, 0.3) is 10.2 Å². The average molecular weight is 502 g/mol. The number of amides is 2. The number of carbonyl (C=O) groups excluding carboxylic acids is 2. The first kappa shape index (κ1) is 25.8. The van der Waals surface area contributed by atoms with Crippen molar-refractivity contribution in [3.63, 3.8) is 0 Å². The molecular weight excluding hydrogens is 462 g/mol. The van der Waals surface area contributed by atoms with Crippen LogP contribution in [0.15, 0.2) is 11.1 Å². The first-order valence-corrected chi connectivity index (χ1v) is 14.0. The van der Waals surface area contributed by atoms with Crippen molar-refractivity contribution in [3.05, 3.63) is 27.1 Å². The quantitative estimate of drug-likeness (QED) is 0.559. The Bertz CT molecular complexity index is 1110. The molecule has 2 aromatic heterocycles. The zero-order valence-electron chi connectivity index (χ0n) is 21.3. The van der Waals surface area contributed by atoms with Gasteiger partial charge in [0.2, 0.25) is 5.91 Å². The predicted octanol–water partition coefficient (Wildman–Crippen LogP) is 3.55. The summed E-state index contributed by atoms with van der Waals surface area (Å²) >= 11 is 1.25. The van der Waals surface area contributed by atoms with E-state index in [0.717, 1.165) is 45.3 Å². The summed E-state index contributed by atoms with van der Waals surface area (Å²) < 4.78 is 1.39. The molecule has 192 valence electrons. The summed E-state index contributed by atoms with van der Waals surface area (Å²) in [7, 11) is 0. The van der Waals surface area contributed by atoms with Gasteiger partial charge in [-0.1, -0.05) is 13.3 Å². The third kappa shape index (κ3) is 5.77. The van der Waals surface area contributed by atoms with Crippen LogP contribution in [-0.4, -0.2) is 69.4 Å². The molecule has 0 radical (unpaired) electrons. The topological polar surface area (TPSA) is 87.5 Å². The number of aromatic nitrogens is 2. The fraction of sp³-hybridized carbons (Fsp3) is 0.692. The Morgan fingerprint density at radius 1 is 1.17 bits per heavy atom. The van der Waals surface area contributed by atoms with Crippen molar-refractivity contribution in [2.75, 3.05) is 26.2 Å². The third-order valence-electron chi connectivity index (χ3n) is 7.68. The summed E-state index contributed by atoms with van der Waals surface area (Å²) in [6.45, 7) is 9.60. The minimum atomic E-state index is -0.253. The normalized spacial score (nSPS) is 21.4. The molecule has 9 heteroatoms. The highest BCUT2D eigenvalue weighted by Gasteiger charge is 2.25. The number of likely N-dealkylation sites (tertiary alicyclic amines) is 2. The summed E-state index contributed by atoms with van der Waals surface area (Å²) in [5.74, 6) is -0.203. The lowest BCUT2D eigenvalue weighted by Crippen LogP contribution is -2.44. The van der Waals surface area contributed by atoms with Gasteiger partial charge in [0.1, 0.15) is 11.4 Å². The van der Waals surface area contributed by atoms with Crippen molar-refractivity contribution in [1.29, 1.82) is 0 Å². The summed E-state index contributed by atoms with van der Waals surface area (Å²) in [6.07, 6.45) is 10.5. The van der Waals surface area contributed by atoms with Crippen LogP contribution < -0.4 is 10.9 Å². The molecule has 1 N–H and O–H groups in total. The van der Waals surface area contributed by atoms with Crippen LogP contribution in [-0.2, 0) is 11.3 Å². The van der Waals surface area contributed by atoms with E-state index in [0.29, 0.717) is 33.2 Å². The van der Waals surface area contributed by atoms with E-state index in [4.69, 9.17) is 0 Å². The number of nitrogens with one attached hydrogen (secondary N) is 1. The molecule has 0 spiro atoms. The molecule has 2 aliphatic rings. The molecule has 0 saturated carbocycles. The Labute approximate surface area is 211 Å². The van der Waals surface area contributed by atoms with Crippen molar-refractivity contribution in [1.82, 2.24) is 24.7 Å². The Kier molecular flexibility index (Phi) is 8.59. The van der Waals surface area contributed by atoms with Crippen LogP contribution >= 0.6 is 11.3 Å². The van der Waals surface area contributed by atoms with Gasteiger partial charge in [-0.25, -0.2) is 4.98 Å². The molecule has 0 bridgehead atoms. The summed E-state index contributed by atoms with van der Waals surface area (Å²) in [5, 5.41) is 3.48. The summed E-state index contributed by atoms with van der Waals surface area (Å²) in [5.41, 5.74) is 0.395. The van der Waals surface area contributed by atoms with Gasteiger partial charge in [-0.15, -0.1) is 11.3 Å². The van der Waals surface area contributed by atoms with Crippen LogP contribution in [0.4, 0.5) is 0 Å². The van der Waals surface area contributed by atoms with Crippen LogP contribution in [0.5, 0.6) is 0 Å². The molecule has 2 aliphatic heterocycles. The largest absolute Gasteiger partial charge is 0.351 e. The van der Waals surface area contributed by atoms with Gasteiger partial charge < -0.3 is 15.1 Å². The van der Waals surface area contributed by atoms with E-state index in [1.807, 2.05) is 4.90 Å². The van der Waals surface area contributed by atoms with E-state index in [-0.39, 0.29) is 30.0 Å². The molecule has 0 aliphatic carbocycles. The Balaban J connectivity index is 1.39. The fourth-order valence-electron chi connectivity index (χ4n) is 5.57. The summed E-state index contributed by atoms with van der Waals surface area (Å²) in [6, 6.07) is 0.868. The minimum absolute atomic E-state index is 0.0157. The molecule has 4 heterocycles. The van der Waals surface area contributed by atoms with Crippen LogP contribution in [0, 0.1) is 6.92 Å². The maximum atomic E-state index is 13.2. The van der Waals surface area contributed by atoms with Crippen LogP contribution in [0.2, 0.25) is 0 Å². The lowest BCUT2D eigenvalue weighted by Gasteiger charge is -2.35. The van der Waals surface area contributed by atoms with Crippen molar-refractivity contribution in [2.45, 2.75) is 90.8 Å². The molecule has 2 amide bonds. The van der Waals surface area contributed by atoms with Gasteiger partial charge >= 0.3 is 0 Å². The highest BCUT2D eigenvalue weighted by atomic mass is 32.1. The molecule has 2 aromatic rings. The van der Waals surface area contributed by atoms with Crippen molar-refractivity contribution < 1.29 is 9.59 Å². The molecule has 2 atom stereocenters. The van der Waals surface area contributed by atoms with Crippen molar-refractivity contribution >= 4 is 33.4 Å². The number of rotatable bonds is 8. The van der Waals surface area contributed by atoms with Crippen LogP contribution in [0.3, 0.4) is 0 Å². The SMILES string of the molecule is CC[C@H]1CCCCN1CCCNC(=O)c1sc2ncn(CC(=O)N3CCCC[C@@H]3C)c(=O)c2c1C. The van der Waals surface area contributed by atoms with Gasteiger partial charge in [0.15, 0.2) is 0 Å². The average Bonchev–Trinajstić information content (AvgIpc) is 3.21. The van der Waals surface area contributed by atoms with Crippen LogP contribution in [0.1, 0.15) is 80.4 Å². The lowest BCUT2D eigenvalue weighted by atomic mass is 10.00. The third-order valence-corrected chi connectivity index (χ3v) is 8.88. The van der Waals surface area contributed by atoms with E-state index in [9.17, 15) is 14.4 Å². The van der Waals surface area contributed by atoms with Gasteiger partial charge in [-0.3, -0.25) is 19.0 Å². The molecule has 35 heavy (non-hydrogen) atoms. The second-order valence-electron chi connectivity index (χ2n) is 10.0. The highest BCUT2D eigenvalue weighted by molar-refractivity contribution is 7.20. The highest BCUT2D eigenvalue weighted by Crippen LogP contribution is 2.27. The number of hydrogen-bond acceptors (Lipinski definition) is 6. The second-order valence-corrected chi connectivity index (χ2v) is 11.0. The maximum Gasteiger partial charge on any atom is 0.262 e. The Morgan fingerprint density at radius 2 is 1.94 bits per heavy atom. The molecule has 8 nitrogen and oxygen atoms in total. The van der Waals surface area contributed by atoms with E-state index < -0.39 is 0 Å². The van der Waals surface area contributed by atoms with E-state index in [2.05, 4.69) is 29.0 Å². The zero-order chi connectivity index (χ0) is 24.9. The standard InChI is InChI=1S/C26H39N5O3S/c1-4-20-11-6-7-13-29(20)14-9-12-27-24(33)23-19(3)22-25(35-23)28-17-30(26(22)34)16-21(32)31-15-8-5-10-18(31)2/h17-18,20H,4-16H2,1-3H3,(H,27,33)/t18-,20-/m0/s1. The molecular formula is C26H39N5O3S. The molecule has 0 unspecified atom stereocenters. The fourth-order valence-corrected chi connectivity index (χ4v) is 6.63. The van der Waals surface area contributed by atoms with Gasteiger partial charge in [-0.2, -0.15) is 0 Å². The number of carbonyl (C=O) groups is 2. The van der Waals surface area contributed by atoms with E-state index in [1.165, 1.54) is 47.9 Å². The molecule has 2 saturated heterocycles. The van der Waals surface area contributed by atoms with Crippen molar-refractivity contribution in [2.24, 2.45) is 0 Å². The molecule has 0 aromatic carbocycles. The smallest absolute Gasteiger partial charge is 0.262 e. The first-order valence-electron chi connectivity index (χ1n) is 13.2. The Hall–Kier alpha value is -2.26. The minimum Gasteiger partial charge on any atom is -0.351 e. The number of nitrogens with zero attached hydrogens (tertiary/aromatic N) is 4. The van der Waals surface area contributed by atoms with Gasteiger partial charge in [0, 0.05) is 31.7 Å². The van der Waals surface area contributed by atoms with Gasteiger partial charge in [0.05, 0.1) is 16.6 Å². The predicted molar refractivity (Wildman–Crippen MR) is 140 cm³/mol. The van der Waals surface area contributed by atoms with E-state index in [1.54, 1.807) is 6.92 Å². The summed E-state index contributed by atoms with van der Waals surface area (Å²) in [4.78, 5) is 48.9. The monoisotopic (exact) mass is 501 g/mol. The number of aryl methyl sites for hydroxylation is 1. The maximum absolute atomic E-state index is 13.2. The first-order chi connectivity index (χ1) is 16.9.